The van der Waals surface area contributed by atoms with Gasteiger partial charge in [-0.15, -0.1) is 0 Å². The second-order valence-electron chi connectivity index (χ2n) is 6.03. The fourth-order valence-corrected chi connectivity index (χ4v) is 3.03. The summed E-state index contributed by atoms with van der Waals surface area (Å²) >= 11 is 0. The first-order valence-electron chi connectivity index (χ1n) is 8.93. The third kappa shape index (κ3) is 11.1. The first-order chi connectivity index (χ1) is 11.9. The van der Waals surface area contributed by atoms with Gasteiger partial charge in [0, 0.05) is 6.92 Å². The van der Waals surface area contributed by atoms with Crippen molar-refractivity contribution in [3.8, 4) is 5.75 Å². The van der Waals surface area contributed by atoms with Crippen molar-refractivity contribution in [2.45, 2.75) is 78.1 Å². The predicted molar refractivity (Wildman–Crippen MR) is 96.2 cm³/mol. The number of hydrogen-bond donors (Lipinski definition) is 0. The maximum absolute atomic E-state index is 11.7. The van der Waals surface area contributed by atoms with Crippen LogP contribution in [-0.2, 0) is 23.8 Å². The molecule has 0 bridgehead atoms. The van der Waals surface area contributed by atoms with Gasteiger partial charge in [0.15, 0.2) is 0 Å². The van der Waals surface area contributed by atoms with Crippen LogP contribution in [0, 0.1) is 0 Å². The Morgan fingerprint density at radius 3 is 2.28 bits per heavy atom. The highest BCUT2D eigenvalue weighted by molar-refractivity contribution is 7.81. The molecular formula is C18H30O6S. The van der Waals surface area contributed by atoms with Crippen LogP contribution in [0.4, 0.5) is 0 Å². The van der Waals surface area contributed by atoms with Crippen molar-refractivity contribution in [3.05, 3.63) is 30.3 Å². The number of para-hydroxylation sites is 1. The van der Waals surface area contributed by atoms with E-state index in [1.54, 1.807) is 31.2 Å². The van der Waals surface area contributed by atoms with Gasteiger partial charge < -0.3 is 4.74 Å². The molecule has 0 amide bonds. The maximum Gasteiger partial charge on any atom is 0.427 e. The van der Waals surface area contributed by atoms with Gasteiger partial charge in [-0.2, -0.15) is 13.3 Å². The van der Waals surface area contributed by atoms with Gasteiger partial charge in [0.1, 0.15) is 5.75 Å². The van der Waals surface area contributed by atoms with Gasteiger partial charge in [-0.25, -0.2) is 4.18 Å². The summed E-state index contributed by atoms with van der Waals surface area (Å²) in [6.45, 7) is 5.41. The van der Waals surface area contributed by atoms with Crippen molar-refractivity contribution >= 4 is 10.4 Å². The highest BCUT2D eigenvalue weighted by Gasteiger charge is 2.20. The number of ether oxygens (including phenoxy) is 1. The zero-order chi connectivity index (χ0) is 18.5. The second kappa shape index (κ2) is 12.2. The molecule has 1 aromatic carbocycles. The van der Waals surface area contributed by atoms with E-state index in [1.807, 2.05) is 6.07 Å². The van der Waals surface area contributed by atoms with Gasteiger partial charge in [0.05, 0.1) is 6.10 Å². The Labute approximate surface area is 151 Å². The van der Waals surface area contributed by atoms with Crippen LogP contribution in [0.15, 0.2) is 30.3 Å². The van der Waals surface area contributed by atoms with Crippen molar-refractivity contribution in [1.82, 2.24) is 0 Å². The fraction of sp³-hybridized carbons (Fsp3) is 0.667. The zero-order valence-electron chi connectivity index (χ0n) is 15.3. The molecule has 25 heavy (non-hydrogen) atoms. The molecule has 1 aromatic rings. The van der Waals surface area contributed by atoms with E-state index in [4.69, 9.17) is 13.8 Å². The smallest absolute Gasteiger partial charge is 0.427 e. The van der Waals surface area contributed by atoms with Crippen LogP contribution in [0.5, 0.6) is 5.75 Å². The van der Waals surface area contributed by atoms with Gasteiger partial charge in [-0.1, -0.05) is 68.0 Å². The molecule has 0 aliphatic carbocycles. The zero-order valence-corrected chi connectivity index (χ0v) is 16.2. The molecule has 2 atom stereocenters. The SMILES string of the molecule is CCCCCCCCC(C)OS(=O)(=O)OOC(C)Oc1ccccc1. The van der Waals surface area contributed by atoms with Crippen LogP contribution in [0.1, 0.15) is 65.7 Å². The average molecular weight is 374 g/mol. The monoisotopic (exact) mass is 374 g/mol. The van der Waals surface area contributed by atoms with Crippen molar-refractivity contribution in [1.29, 1.82) is 0 Å². The first kappa shape index (κ1) is 21.9. The molecule has 0 aliphatic heterocycles. The van der Waals surface area contributed by atoms with Crippen LogP contribution in [0.25, 0.3) is 0 Å². The lowest BCUT2D eigenvalue weighted by atomic mass is 10.1. The Bertz CT molecular complexity index is 546. The third-order valence-electron chi connectivity index (χ3n) is 3.55. The van der Waals surface area contributed by atoms with Crippen LogP contribution in [-0.4, -0.2) is 20.8 Å². The Morgan fingerprint density at radius 2 is 1.60 bits per heavy atom. The maximum atomic E-state index is 11.7. The number of rotatable bonds is 14. The lowest BCUT2D eigenvalue weighted by molar-refractivity contribution is -0.292. The minimum Gasteiger partial charge on any atom is -0.462 e. The lowest BCUT2D eigenvalue weighted by Crippen LogP contribution is -2.23. The Morgan fingerprint density at radius 1 is 0.960 bits per heavy atom. The van der Waals surface area contributed by atoms with Crippen LogP contribution in [0.2, 0.25) is 0 Å². The molecule has 0 heterocycles. The topological polar surface area (TPSA) is 71.1 Å². The molecule has 0 aromatic heterocycles. The van der Waals surface area contributed by atoms with E-state index in [1.165, 1.54) is 32.6 Å². The second-order valence-corrected chi connectivity index (χ2v) is 7.18. The molecule has 0 radical (unpaired) electrons. The summed E-state index contributed by atoms with van der Waals surface area (Å²) in [7, 11) is -4.22. The molecule has 144 valence electrons. The summed E-state index contributed by atoms with van der Waals surface area (Å²) in [6.07, 6.45) is 6.16. The molecule has 0 fully saturated rings. The average Bonchev–Trinajstić information content (AvgIpc) is 2.57. The largest absolute Gasteiger partial charge is 0.462 e. The molecule has 0 spiro atoms. The third-order valence-corrected chi connectivity index (χ3v) is 4.36. The number of benzene rings is 1. The lowest BCUT2D eigenvalue weighted by Gasteiger charge is -2.15. The Balaban J connectivity index is 2.21. The van der Waals surface area contributed by atoms with Crippen molar-refractivity contribution < 1.29 is 26.6 Å². The summed E-state index contributed by atoms with van der Waals surface area (Å²) in [5.74, 6) is 0.549. The standard InChI is InChI=1S/C18H30O6S/c1-4-5-6-7-8-10-13-16(2)23-25(19,20)24-22-17(3)21-18-14-11-9-12-15-18/h9,11-12,14-17H,4-8,10,13H2,1-3H3. The fourth-order valence-electron chi connectivity index (χ4n) is 2.29. The van der Waals surface area contributed by atoms with Crippen LogP contribution < -0.4 is 4.74 Å². The van der Waals surface area contributed by atoms with Crippen LogP contribution >= 0.6 is 0 Å². The van der Waals surface area contributed by atoms with Crippen molar-refractivity contribution in [2.24, 2.45) is 0 Å². The molecule has 0 N–H and O–H groups in total. The predicted octanol–water partition coefficient (Wildman–Crippen LogP) is 4.76. The Kier molecular flexibility index (Phi) is 10.7. The van der Waals surface area contributed by atoms with Gasteiger partial charge >= 0.3 is 10.4 Å². The van der Waals surface area contributed by atoms with Crippen LogP contribution in [0.3, 0.4) is 0 Å². The highest BCUT2D eigenvalue weighted by Crippen LogP contribution is 2.15. The molecule has 7 heteroatoms. The Hall–Kier alpha value is -1.15. The van der Waals surface area contributed by atoms with Crippen molar-refractivity contribution in [2.75, 3.05) is 0 Å². The number of unbranched alkanes of at least 4 members (excludes halogenated alkanes) is 5. The summed E-state index contributed by atoms with van der Waals surface area (Å²) < 4.78 is 38.2. The van der Waals surface area contributed by atoms with Gasteiger partial charge in [-0.05, 0) is 25.5 Å². The molecule has 0 aliphatic rings. The van der Waals surface area contributed by atoms with Gasteiger partial charge in [0.2, 0.25) is 6.29 Å². The summed E-state index contributed by atoms with van der Waals surface area (Å²) in [4.78, 5) is 4.75. The molecular weight excluding hydrogens is 344 g/mol. The van der Waals surface area contributed by atoms with E-state index < -0.39 is 22.8 Å². The minimum atomic E-state index is -4.22. The number of hydrogen-bond acceptors (Lipinski definition) is 6. The minimum absolute atomic E-state index is 0.454. The summed E-state index contributed by atoms with van der Waals surface area (Å²) in [5.41, 5.74) is 0. The van der Waals surface area contributed by atoms with E-state index in [-0.39, 0.29) is 0 Å². The molecule has 0 saturated heterocycles. The van der Waals surface area contributed by atoms with E-state index in [0.717, 1.165) is 12.8 Å². The molecule has 6 nitrogen and oxygen atoms in total. The van der Waals surface area contributed by atoms with E-state index in [2.05, 4.69) is 11.3 Å². The normalized spacial score (nSPS) is 14.2. The van der Waals surface area contributed by atoms with E-state index in [9.17, 15) is 8.42 Å². The molecule has 0 saturated carbocycles. The highest BCUT2D eigenvalue weighted by atomic mass is 32.3. The molecule has 1 rings (SSSR count). The van der Waals surface area contributed by atoms with E-state index >= 15 is 0 Å². The summed E-state index contributed by atoms with van der Waals surface area (Å²) in [5, 5.41) is 0. The van der Waals surface area contributed by atoms with Crippen molar-refractivity contribution in [3.63, 3.8) is 0 Å². The first-order valence-corrected chi connectivity index (χ1v) is 10.3. The van der Waals surface area contributed by atoms with Gasteiger partial charge in [0.25, 0.3) is 0 Å². The quantitative estimate of drug-likeness (QED) is 0.202. The van der Waals surface area contributed by atoms with E-state index in [0.29, 0.717) is 12.2 Å². The molecule has 2 unspecified atom stereocenters. The van der Waals surface area contributed by atoms with Gasteiger partial charge in [-0.3, -0.25) is 0 Å². The summed E-state index contributed by atoms with van der Waals surface area (Å²) in [6, 6.07) is 8.90.